The number of anilines is 1. The summed E-state index contributed by atoms with van der Waals surface area (Å²) in [6, 6.07) is 18.3. The number of piperazine rings is 1. The Morgan fingerprint density at radius 3 is 2.46 bits per heavy atom. The van der Waals surface area contributed by atoms with Crippen LogP contribution < -0.4 is 5.32 Å². The Bertz CT molecular complexity index is 734. The molecular formula is C22H27N3O. The van der Waals surface area contributed by atoms with Gasteiger partial charge in [0.2, 0.25) is 5.91 Å². The second-order valence-electron chi connectivity index (χ2n) is 6.81. The van der Waals surface area contributed by atoms with Crippen LogP contribution >= 0.6 is 0 Å². The van der Waals surface area contributed by atoms with Crippen molar-refractivity contribution in [1.82, 2.24) is 9.80 Å². The summed E-state index contributed by atoms with van der Waals surface area (Å²) in [6.07, 6.45) is 4.39. The van der Waals surface area contributed by atoms with Crippen molar-refractivity contribution in [2.45, 2.75) is 6.92 Å². The van der Waals surface area contributed by atoms with Gasteiger partial charge < -0.3 is 5.32 Å². The third-order valence-corrected chi connectivity index (χ3v) is 4.61. The Balaban J connectivity index is 1.38. The van der Waals surface area contributed by atoms with E-state index < -0.39 is 0 Å². The van der Waals surface area contributed by atoms with Gasteiger partial charge in [0.15, 0.2) is 0 Å². The quantitative estimate of drug-likeness (QED) is 0.869. The minimum Gasteiger partial charge on any atom is -0.325 e. The highest BCUT2D eigenvalue weighted by Crippen LogP contribution is 2.10. The SMILES string of the molecule is Cc1cccc(NC(=O)CN2CCN(C/C=C/c3ccccc3)CC2)c1. The molecule has 0 radical (unpaired) electrons. The molecule has 0 atom stereocenters. The molecule has 4 nitrogen and oxygen atoms in total. The highest BCUT2D eigenvalue weighted by Gasteiger charge is 2.18. The standard InChI is InChI=1S/C22H27N3O/c1-19-7-5-11-21(17-19)23-22(26)18-25-15-13-24(14-16-25)12-6-10-20-8-3-2-4-9-20/h2-11,17H,12-16,18H2,1H3,(H,23,26)/b10-6+. The van der Waals surface area contributed by atoms with Gasteiger partial charge >= 0.3 is 0 Å². The molecule has 1 fully saturated rings. The van der Waals surface area contributed by atoms with Crippen LogP contribution in [-0.4, -0.2) is 55.0 Å². The lowest BCUT2D eigenvalue weighted by Crippen LogP contribution is -2.48. The molecule has 0 spiro atoms. The predicted molar refractivity (Wildman–Crippen MR) is 108 cm³/mol. The number of aryl methyl sites for hydroxylation is 1. The molecule has 1 aliphatic rings. The van der Waals surface area contributed by atoms with Gasteiger partial charge in [-0.15, -0.1) is 0 Å². The van der Waals surface area contributed by atoms with Crippen LogP contribution in [0.15, 0.2) is 60.7 Å². The number of nitrogens with one attached hydrogen (secondary N) is 1. The maximum absolute atomic E-state index is 12.2. The highest BCUT2D eigenvalue weighted by atomic mass is 16.2. The fourth-order valence-corrected chi connectivity index (χ4v) is 3.16. The van der Waals surface area contributed by atoms with Crippen molar-refractivity contribution in [1.29, 1.82) is 0 Å². The minimum absolute atomic E-state index is 0.0630. The lowest BCUT2D eigenvalue weighted by Gasteiger charge is -2.33. The Morgan fingerprint density at radius 2 is 1.73 bits per heavy atom. The second-order valence-corrected chi connectivity index (χ2v) is 6.81. The van der Waals surface area contributed by atoms with Crippen molar-refractivity contribution >= 4 is 17.7 Å². The Morgan fingerprint density at radius 1 is 1.00 bits per heavy atom. The normalized spacial score (nSPS) is 16.0. The summed E-state index contributed by atoms with van der Waals surface area (Å²) in [7, 11) is 0. The van der Waals surface area contributed by atoms with E-state index in [-0.39, 0.29) is 5.91 Å². The predicted octanol–water partition coefficient (Wildman–Crippen LogP) is 3.26. The molecule has 3 rings (SSSR count). The molecule has 1 N–H and O–H groups in total. The fraction of sp³-hybridized carbons (Fsp3) is 0.318. The summed E-state index contributed by atoms with van der Waals surface area (Å²) in [6.45, 7) is 7.30. The summed E-state index contributed by atoms with van der Waals surface area (Å²) in [5.74, 6) is 0.0630. The second kappa shape index (κ2) is 9.32. The first-order chi connectivity index (χ1) is 12.7. The van der Waals surface area contributed by atoms with Gasteiger partial charge in [0.25, 0.3) is 0 Å². The molecule has 0 aliphatic carbocycles. The Hall–Kier alpha value is -2.43. The zero-order valence-corrected chi connectivity index (χ0v) is 15.4. The van der Waals surface area contributed by atoms with Gasteiger partial charge in [-0.2, -0.15) is 0 Å². The molecule has 2 aromatic rings. The maximum atomic E-state index is 12.2. The molecule has 1 heterocycles. The lowest BCUT2D eigenvalue weighted by molar-refractivity contribution is -0.117. The van der Waals surface area contributed by atoms with Crippen molar-refractivity contribution in [3.63, 3.8) is 0 Å². The number of hydrogen-bond donors (Lipinski definition) is 1. The number of nitrogens with zero attached hydrogens (tertiary/aromatic N) is 2. The van der Waals surface area contributed by atoms with Crippen LogP contribution in [0.4, 0.5) is 5.69 Å². The van der Waals surface area contributed by atoms with Gasteiger partial charge in [0.05, 0.1) is 6.54 Å². The molecule has 4 heteroatoms. The number of rotatable bonds is 6. The van der Waals surface area contributed by atoms with Crippen LogP contribution in [0.3, 0.4) is 0 Å². The van der Waals surface area contributed by atoms with Gasteiger partial charge in [0.1, 0.15) is 0 Å². The summed E-state index contributed by atoms with van der Waals surface area (Å²) in [5, 5.41) is 2.99. The zero-order valence-electron chi connectivity index (χ0n) is 15.4. The van der Waals surface area contributed by atoms with Crippen LogP contribution in [-0.2, 0) is 4.79 Å². The molecular weight excluding hydrogens is 322 g/mol. The van der Waals surface area contributed by atoms with E-state index in [0.717, 1.165) is 44.0 Å². The molecule has 0 unspecified atom stereocenters. The first-order valence-corrected chi connectivity index (χ1v) is 9.22. The smallest absolute Gasteiger partial charge is 0.238 e. The molecule has 2 aromatic carbocycles. The number of amides is 1. The fourth-order valence-electron chi connectivity index (χ4n) is 3.16. The summed E-state index contributed by atoms with van der Waals surface area (Å²) in [5.41, 5.74) is 3.26. The van der Waals surface area contributed by atoms with Gasteiger partial charge in [-0.1, -0.05) is 54.6 Å². The van der Waals surface area contributed by atoms with Crippen LogP contribution in [0.2, 0.25) is 0 Å². The van der Waals surface area contributed by atoms with E-state index in [0.29, 0.717) is 6.54 Å². The molecule has 136 valence electrons. The van der Waals surface area contributed by atoms with E-state index in [1.807, 2.05) is 37.3 Å². The average molecular weight is 349 g/mol. The van der Waals surface area contributed by atoms with Crippen LogP contribution in [0.5, 0.6) is 0 Å². The Kier molecular flexibility index (Phi) is 6.58. The highest BCUT2D eigenvalue weighted by molar-refractivity contribution is 5.92. The Labute approximate surface area is 156 Å². The van der Waals surface area contributed by atoms with E-state index >= 15 is 0 Å². The van der Waals surface area contributed by atoms with Crippen LogP contribution in [0.25, 0.3) is 6.08 Å². The largest absolute Gasteiger partial charge is 0.325 e. The number of hydrogen-bond acceptors (Lipinski definition) is 3. The molecule has 1 saturated heterocycles. The van der Waals surface area contributed by atoms with E-state index in [1.54, 1.807) is 0 Å². The van der Waals surface area contributed by atoms with Gasteiger partial charge in [-0.25, -0.2) is 0 Å². The number of benzene rings is 2. The molecule has 26 heavy (non-hydrogen) atoms. The van der Waals surface area contributed by atoms with Crippen molar-refractivity contribution in [3.05, 3.63) is 71.8 Å². The number of carbonyl (C=O) groups excluding carboxylic acids is 1. The van der Waals surface area contributed by atoms with Crippen LogP contribution in [0.1, 0.15) is 11.1 Å². The molecule has 0 aromatic heterocycles. The lowest BCUT2D eigenvalue weighted by atomic mass is 10.2. The van der Waals surface area contributed by atoms with E-state index in [9.17, 15) is 4.79 Å². The van der Waals surface area contributed by atoms with E-state index in [1.165, 1.54) is 5.56 Å². The van der Waals surface area contributed by atoms with Gasteiger partial charge in [-0.3, -0.25) is 14.6 Å². The monoisotopic (exact) mass is 349 g/mol. The topological polar surface area (TPSA) is 35.6 Å². The van der Waals surface area contributed by atoms with Crippen LogP contribution in [0, 0.1) is 6.92 Å². The first kappa shape index (κ1) is 18.4. The molecule has 0 saturated carbocycles. The summed E-state index contributed by atoms with van der Waals surface area (Å²) < 4.78 is 0. The van der Waals surface area contributed by atoms with Crippen molar-refractivity contribution in [2.75, 3.05) is 44.6 Å². The summed E-state index contributed by atoms with van der Waals surface area (Å²) in [4.78, 5) is 16.9. The molecule has 0 bridgehead atoms. The third-order valence-electron chi connectivity index (χ3n) is 4.61. The van der Waals surface area contributed by atoms with Crippen molar-refractivity contribution in [3.8, 4) is 0 Å². The van der Waals surface area contributed by atoms with Gasteiger partial charge in [-0.05, 0) is 30.2 Å². The molecule has 1 aliphatic heterocycles. The van der Waals surface area contributed by atoms with Crippen molar-refractivity contribution in [2.24, 2.45) is 0 Å². The molecule has 1 amide bonds. The minimum atomic E-state index is 0.0630. The van der Waals surface area contributed by atoms with E-state index in [4.69, 9.17) is 0 Å². The van der Waals surface area contributed by atoms with E-state index in [2.05, 4.69) is 51.5 Å². The maximum Gasteiger partial charge on any atom is 0.238 e. The van der Waals surface area contributed by atoms with Crippen molar-refractivity contribution < 1.29 is 4.79 Å². The van der Waals surface area contributed by atoms with Gasteiger partial charge in [0, 0.05) is 38.4 Å². The third kappa shape index (κ3) is 5.83. The summed E-state index contributed by atoms with van der Waals surface area (Å²) >= 11 is 0. The average Bonchev–Trinajstić information content (AvgIpc) is 2.64. The first-order valence-electron chi connectivity index (χ1n) is 9.22. The number of carbonyl (C=O) groups is 1. The zero-order chi connectivity index (χ0) is 18.2.